The Hall–Kier alpha value is -1.46. The molecule has 1 aromatic heterocycles. The maximum atomic E-state index is 12.4. The first kappa shape index (κ1) is 15.9. The topological polar surface area (TPSA) is 44.1 Å². The Kier molecular flexibility index (Phi) is 6.14. The zero-order valence-corrected chi connectivity index (χ0v) is 13.7. The summed E-state index contributed by atoms with van der Waals surface area (Å²) in [5.74, 6) is 0.117. The van der Waals surface area contributed by atoms with Gasteiger partial charge in [-0.2, -0.15) is 5.10 Å². The molecule has 0 fully saturated rings. The van der Waals surface area contributed by atoms with E-state index in [0.717, 1.165) is 17.3 Å². The minimum absolute atomic E-state index is 0.117. The van der Waals surface area contributed by atoms with Crippen molar-refractivity contribution in [3.63, 3.8) is 0 Å². The Bertz CT molecular complexity index is 581. The summed E-state index contributed by atoms with van der Waals surface area (Å²) in [5, 5.41) is 4.21. The predicted octanol–water partition coefficient (Wildman–Crippen LogP) is 3.50. The van der Waals surface area contributed by atoms with Gasteiger partial charge in [0, 0.05) is 13.5 Å². The number of Topliss-reactive ketones (excluding diaryl/α,β-unsaturated/α-hetero) is 1. The van der Waals surface area contributed by atoms with Gasteiger partial charge < -0.3 is 4.74 Å². The van der Waals surface area contributed by atoms with Crippen molar-refractivity contribution < 1.29 is 9.53 Å². The summed E-state index contributed by atoms with van der Waals surface area (Å²) in [7, 11) is 1.64. The Morgan fingerprint density at radius 1 is 1.33 bits per heavy atom. The van der Waals surface area contributed by atoms with Crippen molar-refractivity contribution in [3.05, 3.63) is 52.3 Å². The van der Waals surface area contributed by atoms with Crippen LogP contribution < -0.4 is 0 Å². The average molecular weight is 351 g/mol. The van der Waals surface area contributed by atoms with Crippen LogP contribution in [0.25, 0.3) is 0 Å². The van der Waals surface area contributed by atoms with Crippen LogP contribution in [0.1, 0.15) is 28.9 Å². The first-order valence-corrected chi connectivity index (χ1v) is 7.79. The lowest BCUT2D eigenvalue weighted by Gasteiger charge is -2.07. The van der Waals surface area contributed by atoms with E-state index in [0.29, 0.717) is 25.3 Å². The molecule has 0 bridgehead atoms. The average Bonchev–Trinajstić information content (AvgIpc) is 2.87. The van der Waals surface area contributed by atoms with Crippen LogP contribution in [0.15, 0.2) is 41.0 Å². The number of hydrogen-bond acceptors (Lipinski definition) is 3. The minimum Gasteiger partial charge on any atom is -0.383 e. The second-order valence-electron chi connectivity index (χ2n) is 4.82. The quantitative estimate of drug-likeness (QED) is 0.684. The monoisotopic (exact) mass is 350 g/mol. The molecule has 1 aromatic carbocycles. The molecule has 0 amide bonds. The number of ether oxygens (including phenoxy) is 1. The molecule has 0 aliphatic heterocycles. The van der Waals surface area contributed by atoms with E-state index in [2.05, 4.69) is 33.2 Å². The lowest BCUT2D eigenvalue weighted by atomic mass is 10.1. The number of carbonyl (C=O) groups excluding carboxylic acids is 1. The van der Waals surface area contributed by atoms with Crippen LogP contribution in [0.4, 0.5) is 0 Å². The number of carbonyl (C=O) groups is 1. The minimum atomic E-state index is 0.117. The van der Waals surface area contributed by atoms with Gasteiger partial charge in [-0.3, -0.25) is 9.48 Å². The maximum absolute atomic E-state index is 12.4. The molecule has 0 radical (unpaired) electrons. The molecule has 0 aliphatic carbocycles. The van der Waals surface area contributed by atoms with Crippen LogP contribution in [0.5, 0.6) is 0 Å². The van der Waals surface area contributed by atoms with Crippen molar-refractivity contribution >= 4 is 21.7 Å². The van der Waals surface area contributed by atoms with E-state index in [1.165, 1.54) is 5.56 Å². The Morgan fingerprint density at radius 3 is 2.81 bits per heavy atom. The summed E-state index contributed by atoms with van der Waals surface area (Å²) in [6.45, 7) is 1.13. The summed E-state index contributed by atoms with van der Waals surface area (Å²) in [5.41, 5.74) is 1.90. The van der Waals surface area contributed by atoms with Crippen LogP contribution in [-0.4, -0.2) is 29.3 Å². The molecular formula is C16H19BrN2O2. The van der Waals surface area contributed by atoms with Crippen LogP contribution in [0, 0.1) is 0 Å². The number of benzene rings is 1. The Morgan fingerprint density at radius 2 is 2.10 bits per heavy atom. The fourth-order valence-electron chi connectivity index (χ4n) is 2.20. The SMILES string of the molecule is COCCn1ncc(Br)c1C(=O)CCCc1ccccc1. The molecular weight excluding hydrogens is 332 g/mol. The highest BCUT2D eigenvalue weighted by Crippen LogP contribution is 2.19. The Labute approximate surface area is 133 Å². The van der Waals surface area contributed by atoms with E-state index in [9.17, 15) is 4.79 Å². The third kappa shape index (κ3) is 4.51. The van der Waals surface area contributed by atoms with Crippen molar-refractivity contribution in [2.45, 2.75) is 25.8 Å². The molecule has 0 unspecified atom stereocenters. The van der Waals surface area contributed by atoms with Crippen molar-refractivity contribution in [1.82, 2.24) is 9.78 Å². The lowest BCUT2D eigenvalue weighted by Crippen LogP contribution is -2.14. The lowest BCUT2D eigenvalue weighted by molar-refractivity contribution is 0.0965. The molecule has 0 N–H and O–H groups in total. The number of halogens is 1. The van der Waals surface area contributed by atoms with Crippen molar-refractivity contribution in [2.24, 2.45) is 0 Å². The van der Waals surface area contributed by atoms with E-state index in [-0.39, 0.29) is 5.78 Å². The van der Waals surface area contributed by atoms with Gasteiger partial charge in [-0.05, 0) is 34.3 Å². The van der Waals surface area contributed by atoms with Gasteiger partial charge in [-0.15, -0.1) is 0 Å². The molecule has 0 spiro atoms. The summed E-state index contributed by atoms with van der Waals surface area (Å²) in [4.78, 5) is 12.4. The largest absolute Gasteiger partial charge is 0.383 e. The molecule has 4 nitrogen and oxygen atoms in total. The highest BCUT2D eigenvalue weighted by atomic mass is 79.9. The third-order valence-electron chi connectivity index (χ3n) is 3.28. The van der Waals surface area contributed by atoms with Gasteiger partial charge in [0.2, 0.25) is 0 Å². The zero-order chi connectivity index (χ0) is 15.1. The highest BCUT2D eigenvalue weighted by Gasteiger charge is 2.16. The number of methoxy groups -OCH3 is 1. The van der Waals surface area contributed by atoms with E-state index in [1.807, 2.05) is 18.2 Å². The van der Waals surface area contributed by atoms with Gasteiger partial charge in [0.25, 0.3) is 0 Å². The van der Waals surface area contributed by atoms with Crippen LogP contribution in [0.2, 0.25) is 0 Å². The maximum Gasteiger partial charge on any atom is 0.182 e. The molecule has 0 saturated heterocycles. The molecule has 0 atom stereocenters. The standard InChI is InChI=1S/C16H19BrN2O2/c1-21-11-10-19-16(14(17)12-18-19)15(20)9-5-8-13-6-3-2-4-7-13/h2-4,6-7,12H,5,8-11H2,1H3. The molecule has 2 rings (SSSR count). The smallest absolute Gasteiger partial charge is 0.182 e. The summed E-state index contributed by atoms with van der Waals surface area (Å²) < 4.78 is 7.50. The normalized spacial score (nSPS) is 10.8. The second kappa shape index (κ2) is 8.10. The second-order valence-corrected chi connectivity index (χ2v) is 5.67. The molecule has 21 heavy (non-hydrogen) atoms. The van der Waals surface area contributed by atoms with Gasteiger partial charge in [0.15, 0.2) is 5.78 Å². The molecule has 5 heteroatoms. The van der Waals surface area contributed by atoms with Gasteiger partial charge in [0.1, 0.15) is 5.69 Å². The highest BCUT2D eigenvalue weighted by molar-refractivity contribution is 9.10. The van der Waals surface area contributed by atoms with Crippen LogP contribution >= 0.6 is 15.9 Å². The van der Waals surface area contributed by atoms with Gasteiger partial charge >= 0.3 is 0 Å². The van der Waals surface area contributed by atoms with E-state index < -0.39 is 0 Å². The molecule has 2 aromatic rings. The fraction of sp³-hybridized carbons (Fsp3) is 0.375. The third-order valence-corrected chi connectivity index (χ3v) is 3.86. The number of aryl methyl sites for hydroxylation is 1. The Balaban J connectivity index is 1.92. The van der Waals surface area contributed by atoms with Gasteiger partial charge in [-0.25, -0.2) is 0 Å². The number of hydrogen-bond donors (Lipinski definition) is 0. The fourth-order valence-corrected chi connectivity index (χ4v) is 2.72. The zero-order valence-electron chi connectivity index (χ0n) is 12.1. The van der Waals surface area contributed by atoms with Crippen molar-refractivity contribution in [1.29, 1.82) is 0 Å². The van der Waals surface area contributed by atoms with E-state index in [1.54, 1.807) is 18.0 Å². The van der Waals surface area contributed by atoms with Crippen molar-refractivity contribution in [3.8, 4) is 0 Å². The number of rotatable bonds is 8. The first-order valence-electron chi connectivity index (χ1n) is 6.99. The van der Waals surface area contributed by atoms with Crippen LogP contribution in [0.3, 0.4) is 0 Å². The molecule has 0 aliphatic rings. The first-order chi connectivity index (χ1) is 10.2. The summed E-state index contributed by atoms with van der Waals surface area (Å²) in [6, 6.07) is 10.2. The van der Waals surface area contributed by atoms with E-state index in [4.69, 9.17) is 4.74 Å². The number of ketones is 1. The molecule has 0 saturated carbocycles. The van der Waals surface area contributed by atoms with E-state index >= 15 is 0 Å². The number of aromatic nitrogens is 2. The molecule has 112 valence electrons. The van der Waals surface area contributed by atoms with Crippen LogP contribution in [-0.2, 0) is 17.7 Å². The van der Waals surface area contributed by atoms with Gasteiger partial charge in [0.05, 0.1) is 23.8 Å². The summed E-state index contributed by atoms with van der Waals surface area (Å²) >= 11 is 3.40. The van der Waals surface area contributed by atoms with Crippen molar-refractivity contribution in [2.75, 3.05) is 13.7 Å². The van der Waals surface area contributed by atoms with Gasteiger partial charge in [-0.1, -0.05) is 30.3 Å². The number of nitrogens with zero attached hydrogens (tertiary/aromatic N) is 2. The predicted molar refractivity (Wildman–Crippen MR) is 85.5 cm³/mol. The summed E-state index contributed by atoms with van der Waals surface area (Å²) in [6.07, 6.45) is 3.94. The molecule has 1 heterocycles.